The normalized spacial score (nSPS) is 12.2. The lowest BCUT2D eigenvalue weighted by atomic mass is 10.2. The summed E-state index contributed by atoms with van der Waals surface area (Å²) in [6.45, 7) is -0.251. The van der Waals surface area contributed by atoms with Crippen LogP contribution in [0.3, 0.4) is 0 Å². The van der Waals surface area contributed by atoms with E-state index in [1.165, 1.54) is 9.08 Å². The fourth-order valence-electron chi connectivity index (χ4n) is 2.60. The van der Waals surface area contributed by atoms with E-state index in [-0.39, 0.29) is 24.4 Å². The van der Waals surface area contributed by atoms with Gasteiger partial charge in [0.1, 0.15) is 5.52 Å². The van der Waals surface area contributed by atoms with Crippen LogP contribution < -0.4 is 10.9 Å². The van der Waals surface area contributed by atoms with E-state index in [2.05, 4.69) is 10.4 Å². The summed E-state index contributed by atoms with van der Waals surface area (Å²) in [5.74, 6) is 0.214. The molecule has 1 amide bonds. The SMILES string of the molecule is O=C(O)NC(CCO)c1nn2cccc2c(=O)n1-c1ccccc1. The number of benzene rings is 1. The van der Waals surface area contributed by atoms with Crippen molar-refractivity contribution in [3.8, 4) is 5.69 Å². The molecule has 3 aromatic rings. The minimum absolute atomic E-state index is 0.0956. The molecule has 0 spiro atoms. The first-order valence-electron chi connectivity index (χ1n) is 7.38. The third-order valence-electron chi connectivity index (χ3n) is 3.63. The summed E-state index contributed by atoms with van der Waals surface area (Å²) in [6.07, 6.45) is 0.458. The molecule has 0 bridgehead atoms. The van der Waals surface area contributed by atoms with Gasteiger partial charge in [-0.15, -0.1) is 0 Å². The maximum Gasteiger partial charge on any atom is 0.405 e. The molecule has 124 valence electrons. The van der Waals surface area contributed by atoms with Crippen LogP contribution in [-0.4, -0.2) is 37.1 Å². The predicted octanol–water partition coefficient (Wildman–Crippen LogP) is 1.18. The Hall–Kier alpha value is -3.13. The largest absolute Gasteiger partial charge is 0.465 e. The number of rotatable bonds is 5. The molecule has 1 atom stereocenters. The molecular formula is C16H16N4O4. The third kappa shape index (κ3) is 2.86. The fourth-order valence-corrected chi connectivity index (χ4v) is 2.60. The van der Waals surface area contributed by atoms with E-state index in [0.29, 0.717) is 11.2 Å². The molecule has 3 N–H and O–H groups in total. The van der Waals surface area contributed by atoms with Gasteiger partial charge in [-0.3, -0.25) is 9.36 Å². The van der Waals surface area contributed by atoms with E-state index < -0.39 is 12.1 Å². The van der Waals surface area contributed by atoms with Crippen LogP contribution in [0, 0.1) is 0 Å². The van der Waals surface area contributed by atoms with E-state index in [9.17, 15) is 14.7 Å². The zero-order valence-corrected chi connectivity index (χ0v) is 12.7. The van der Waals surface area contributed by atoms with Gasteiger partial charge in [0.2, 0.25) is 0 Å². The van der Waals surface area contributed by atoms with Gasteiger partial charge in [0, 0.05) is 12.8 Å². The van der Waals surface area contributed by atoms with Crippen LogP contribution in [0.4, 0.5) is 4.79 Å². The second kappa shape index (κ2) is 6.55. The van der Waals surface area contributed by atoms with Gasteiger partial charge in [-0.1, -0.05) is 18.2 Å². The van der Waals surface area contributed by atoms with Gasteiger partial charge in [-0.25, -0.2) is 9.31 Å². The van der Waals surface area contributed by atoms with E-state index in [1.54, 1.807) is 42.6 Å². The van der Waals surface area contributed by atoms with Gasteiger partial charge in [0.25, 0.3) is 5.56 Å². The second-order valence-electron chi connectivity index (χ2n) is 5.19. The molecule has 8 heteroatoms. The number of para-hydroxylation sites is 1. The zero-order valence-electron chi connectivity index (χ0n) is 12.7. The highest BCUT2D eigenvalue weighted by Gasteiger charge is 2.22. The minimum atomic E-state index is -1.25. The van der Waals surface area contributed by atoms with Crippen molar-refractivity contribution < 1.29 is 15.0 Å². The first kappa shape index (κ1) is 15.8. The number of aliphatic hydroxyl groups is 1. The van der Waals surface area contributed by atoms with Crippen LogP contribution in [0.25, 0.3) is 11.2 Å². The van der Waals surface area contributed by atoms with Crippen LogP contribution in [0.1, 0.15) is 18.3 Å². The number of carbonyl (C=O) groups is 1. The Morgan fingerprint density at radius 1 is 1.21 bits per heavy atom. The van der Waals surface area contributed by atoms with Gasteiger partial charge >= 0.3 is 6.09 Å². The molecule has 1 unspecified atom stereocenters. The molecule has 0 radical (unpaired) electrons. The number of carboxylic acid groups (broad SMARTS) is 1. The number of aliphatic hydroxyl groups excluding tert-OH is 1. The predicted molar refractivity (Wildman–Crippen MR) is 86.4 cm³/mol. The first-order chi connectivity index (χ1) is 11.6. The summed E-state index contributed by atoms with van der Waals surface area (Å²) in [6, 6.07) is 11.4. The van der Waals surface area contributed by atoms with Gasteiger partial charge in [0.05, 0.1) is 11.7 Å². The number of amides is 1. The van der Waals surface area contributed by atoms with Crippen LogP contribution in [0.5, 0.6) is 0 Å². The maximum atomic E-state index is 12.9. The molecule has 0 aliphatic carbocycles. The number of aromatic nitrogens is 3. The minimum Gasteiger partial charge on any atom is -0.465 e. The van der Waals surface area contributed by atoms with Crippen molar-refractivity contribution in [2.45, 2.75) is 12.5 Å². The zero-order chi connectivity index (χ0) is 17.1. The van der Waals surface area contributed by atoms with Crippen molar-refractivity contribution in [1.29, 1.82) is 0 Å². The lowest BCUT2D eigenvalue weighted by molar-refractivity contribution is 0.184. The number of fused-ring (bicyclic) bond motifs is 1. The average molecular weight is 328 g/mol. The number of nitrogens with one attached hydrogen (secondary N) is 1. The summed E-state index contributed by atoms with van der Waals surface area (Å²) >= 11 is 0. The molecule has 24 heavy (non-hydrogen) atoms. The lowest BCUT2D eigenvalue weighted by Gasteiger charge is -2.20. The Morgan fingerprint density at radius 2 is 1.96 bits per heavy atom. The molecular weight excluding hydrogens is 312 g/mol. The molecule has 0 aliphatic heterocycles. The Morgan fingerprint density at radius 3 is 2.62 bits per heavy atom. The molecule has 0 saturated carbocycles. The highest BCUT2D eigenvalue weighted by Crippen LogP contribution is 2.18. The van der Waals surface area contributed by atoms with Crippen LogP contribution in [-0.2, 0) is 0 Å². The Balaban J connectivity index is 2.28. The fraction of sp³-hybridized carbons (Fsp3) is 0.188. The van der Waals surface area contributed by atoms with Crippen LogP contribution in [0.2, 0.25) is 0 Å². The number of hydrogen-bond donors (Lipinski definition) is 3. The van der Waals surface area contributed by atoms with Crippen molar-refractivity contribution in [3.63, 3.8) is 0 Å². The molecule has 0 fully saturated rings. The summed E-state index contributed by atoms with van der Waals surface area (Å²) in [4.78, 5) is 24.0. The monoisotopic (exact) mass is 328 g/mol. The molecule has 0 saturated heterocycles. The van der Waals surface area contributed by atoms with Crippen LogP contribution >= 0.6 is 0 Å². The topological polar surface area (TPSA) is 109 Å². The van der Waals surface area contributed by atoms with Gasteiger partial charge in [-0.05, 0) is 30.7 Å². The lowest BCUT2D eigenvalue weighted by Crippen LogP contribution is -2.35. The number of hydrogen-bond acceptors (Lipinski definition) is 4. The smallest absolute Gasteiger partial charge is 0.405 e. The van der Waals surface area contributed by atoms with E-state index >= 15 is 0 Å². The average Bonchev–Trinajstić information content (AvgIpc) is 3.03. The molecule has 3 rings (SSSR count). The molecule has 8 nitrogen and oxygen atoms in total. The molecule has 0 aliphatic rings. The summed E-state index contributed by atoms with van der Waals surface area (Å²) in [7, 11) is 0. The van der Waals surface area contributed by atoms with Gasteiger partial charge in [0.15, 0.2) is 5.82 Å². The summed E-state index contributed by atoms with van der Waals surface area (Å²) in [5.41, 5.74) is 0.635. The van der Waals surface area contributed by atoms with Gasteiger partial charge in [-0.2, -0.15) is 5.10 Å². The van der Waals surface area contributed by atoms with E-state index in [0.717, 1.165) is 0 Å². The van der Waals surface area contributed by atoms with Crippen molar-refractivity contribution in [2.24, 2.45) is 0 Å². The van der Waals surface area contributed by atoms with Crippen molar-refractivity contribution >= 4 is 11.6 Å². The van der Waals surface area contributed by atoms with Crippen molar-refractivity contribution in [3.05, 3.63) is 64.8 Å². The van der Waals surface area contributed by atoms with Gasteiger partial charge < -0.3 is 15.5 Å². The highest BCUT2D eigenvalue weighted by molar-refractivity contribution is 5.65. The summed E-state index contributed by atoms with van der Waals surface area (Å²) in [5, 5.41) is 25.0. The molecule has 2 aromatic heterocycles. The highest BCUT2D eigenvalue weighted by atomic mass is 16.4. The molecule has 2 heterocycles. The van der Waals surface area contributed by atoms with E-state index in [4.69, 9.17) is 5.11 Å². The number of nitrogens with zero attached hydrogens (tertiary/aromatic N) is 3. The Bertz CT molecular complexity index is 917. The Labute approximate surface area is 136 Å². The van der Waals surface area contributed by atoms with Crippen molar-refractivity contribution in [2.75, 3.05) is 6.61 Å². The first-order valence-corrected chi connectivity index (χ1v) is 7.38. The van der Waals surface area contributed by atoms with Crippen molar-refractivity contribution in [1.82, 2.24) is 19.5 Å². The third-order valence-corrected chi connectivity index (χ3v) is 3.63. The van der Waals surface area contributed by atoms with Crippen LogP contribution in [0.15, 0.2) is 53.5 Å². The molecule has 1 aromatic carbocycles. The Kier molecular flexibility index (Phi) is 4.30. The van der Waals surface area contributed by atoms with E-state index in [1.807, 2.05) is 6.07 Å². The maximum absolute atomic E-state index is 12.9. The quantitative estimate of drug-likeness (QED) is 0.651. The standard InChI is InChI=1S/C16H16N4O4/c21-10-8-12(17-16(23)24)14-18-19-9-4-7-13(19)15(22)20(14)11-5-2-1-3-6-11/h1-7,9,12,17,21H,8,10H2,(H,23,24). The summed E-state index contributed by atoms with van der Waals surface area (Å²) < 4.78 is 2.77. The second-order valence-corrected chi connectivity index (χ2v) is 5.19.